The SMILES string of the molecule is C=C(C)CCOc1cc(Cl)cc2c1-c1cc(Cl)cc3c1C(C)(CCO3)C2. The van der Waals surface area contributed by atoms with Gasteiger partial charge in [0.2, 0.25) is 0 Å². The molecule has 0 saturated carbocycles. The molecule has 4 heteroatoms. The number of ether oxygens (including phenoxy) is 2. The molecule has 0 fully saturated rings. The van der Waals surface area contributed by atoms with Crippen molar-refractivity contribution in [1.29, 1.82) is 0 Å². The van der Waals surface area contributed by atoms with Crippen molar-refractivity contribution in [3.05, 3.63) is 57.6 Å². The lowest BCUT2D eigenvalue weighted by atomic mass is 9.66. The summed E-state index contributed by atoms with van der Waals surface area (Å²) in [5.41, 5.74) is 5.79. The lowest BCUT2D eigenvalue weighted by Crippen LogP contribution is -2.35. The molecule has 1 aliphatic carbocycles. The maximum absolute atomic E-state index is 6.42. The van der Waals surface area contributed by atoms with E-state index < -0.39 is 0 Å². The van der Waals surface area contributed by atoms with E-state index in [1.54, 1.807) is 0 Å². The molecular formula is C22H22Cl2O2. The Bertz CT molecular complexity index is 904. The van der Waals surface area contributed by atoms with Gasteiger partial charge in [-0.15, -0.1) is 6.58 Å². The molecule has 1 unspecified atom stereocenters. The van der Waals surface area contributed by atoms with Gasteiger partial charge in [0.25, 0.3) is 0 Å². The molecule has 2 aromatic carbocycles. The van der Waals surface area contributed by atoms with Gasteiger partial charge in [-0.3, -0.25) is 0 Å². The number of hydrogen-bond donors (Lipinski definition) is 0. The summed E-state index contributed by atoms with van der Waals surface area (Å²) >= 11 is 12.8. The molecule has 1 heterocycles. The first-order chi connectivity index (χ1) is 12.4. The van der Waals surface area contributed by atoms with Crippen LogP contribution in [0.5, 0.6) is 11.5 Å². The fourth-order valence-corrected chi connectivity index (χ4v) is 4.59. The summed E-state index contributed by atoms with van der Waals surface area (Å²) in [6.07, 6.45) is 2.72. The average molecular weight is 389 g/mol. The summed E-state index contributed by atoms with van der Waals surface area (Å²) < 4.78 is 12.1. The van der Waals surface area contributed by atoms with Crippen LogP contribution in [-0.4, -0.2) is 13.2 Å². The van der Waals surface area contributed by atoms with E-state index in [0.29, 0.717) is 23.3 Å². The Labute approximate surface area is 164 Å². The molecule has 136 valence electrons. The molecule has 2 aromatic rings. The fraction of sp³-hybridized carbons (Fsp3) is 0.364. The molecule has 0 aromatic heterocycles. The number of fused-ring (bicyclic) bond motifs is 2. The third-order valence-corrected chi connectivity index (χ3v) is 5.80. The van der Waals surface area contributed by atoms with E-state index >= 15 is 0 Å². The molecule has 4 rings (SSSR count). The van der Waals surface area contributed by atoms with Gasteiger partial charge in [0.15, 0.2) is 0 Å². The minimum atomic E-state index is 0.0279. The van der Waals surface area contributed by atoms with Crippen LogP contribution in [0.3, 0.4) is 0 Å². The average Bonchev–Trinajstić information content (AvgIpc) is 2.52. The first-order valence-corrected chi connectivity index (χ1v) is 9.70. The van der Waals surface area contributed by atoms with Crippen LogP contribution in [0.4, 0.5) is 0 Å². The van der Waals surface area contributed by atoms with E-state index in [0.717, 1.165) is 47.5 Å². The molecule has 2 aliphatic rings. The molecular weight excluding hydrogens is 367 g/mol. The van der Waals surface area contributed by atoms with E-state index in [2.05, 4.69) is 19.6 Å². The Morgan fingerprint density at radius 3 is 2.77 bits per heavy atom. The van der Waals surface area contributed by atoms with Crippen molar-refractivity contribution < 1.29 is 9.47 Å². The monoisotopic (exact) mass is 388 g/mol. The molecule has 2 nitrogen and oxygen atoms in total. The minimum absolute atomic E-state index is 0.0279. The largest absolute Gasteiger partial charge is 0.493 e. The predicted octanol–water partition coefficient (Wildman–Crippen LogP) is 6.60. The van der Waals surface area contributed by atoms with Crippen molar-refractivity contribution in [1.82, 2.24) is 0 Å². The Hall–Kier alpha value is -1.64. The summed E-state index contributed by atoms with van der Waals surface area (Å²) in [6.45, 7) is 9.55. The second kappa shape index (κ2) is 6.51. The van der Waals surface area contributed by atoms with E-state index in [9.17, 15) is 0 Å². The summed E-state index contributed by atoms with van der Waals surface area (Å²) in [5, 5.41) is 1.38. The highest BCUT2D eigenvalue weighted by atomic mass is 35.5. The van der Waals surface area contributed by atoms with Gasteiger partial charge in [-0.25, -0.2) is 0 Å². The first-order valence-electron chi connectivity index (χ1n) is 8.94. The van der Waals surface area contributed by atoms with Crippen molar-refractivity contribution in [2.24, 2.45) is 0 Å². The van der Waals surface area contributed by atoms with Crippen molar-refractivity contribution in [3.8, 4) is 22.6 Å². The second-order valence-corrected chi connectivity index (χ2v) is 8.53. The van der Waals surface area contributed by atoms with Gasteiger partial charge >= 0.3 is 0 Å². The Morgan fingerprint density at radius 1 is 1.23 bits per heavy atom. The number of benzene rings is 2. The van der Waals surface area contributed by atoms with Crippen LogP contribution in [-0.2, 0) is 11.8 Å². The van der Waals surface area contributed by atoms with Crippen LogP contribution in [0.15, 0.2) is 36.4 Å². The molecule has 0 bridgehead atoms. The highest BCUT2D eigenvalue weighted by Gasteiger charge is 2.41. The zero-order valence-electron chi connectivity index (χ0n) is 15.1. The molecule has 0 radical (unpaired) electrons. The first kappa shape index (κ1) is 17.8. The molecule has 1 atom stereocenters. The van der Waals surface area contributed by atoms with Crippen LogP contribution >= 0.6 is 23.2 Å². The Morgan fingerprint density at radius 2 is 2.00 bits per heavy atom. The zero-order chi connectivity index (χ0) is 18.5. The van der Waals surface area contributed by atoms with Gasteiger partial charge in [0.1, 0.15) is 11.5 Å². The van der Waals surface area contributed by atoms with Crippen molar-refractivity contribution in [2.75, 3.05) is 13.2 Å². The zero-order valence-corrected chi connectivity index (χ0v) is 16.6. The van der Waals surface area contributed by atoms with Gasteiger partial charge in [0, 0.05) is 33.0 Å². The van der Waals surface area contributed by atoms with E-state index in [4.69, 9.17) is 32.7 Å². The smallest absolute Gasteiger partial charge is 0.128 e. The number of halogens is 2. The quantitative estimate of drug-likeness (QED) is 0.549. The normalized spacial score (nSPS) is 20.0. The molecule has 0 amide bonds. The molecule has 26 heavy (non-hydrogen) atoms. The Balaban J connectivity index is 1.89. The van der Waals surface area contributed by atoms with Gasteiger partial charge in [-0.1, -0.05) is 35.7 Å². The van der Waals surface area contributed by atoms with Gasteiger partial charge < -0.3 is 9.47 Å². The summed E-state index contributed by atoms with van der Waals surface area (Å²) in [4.78, 5) is 0. The summed E-state index contributed by atoms with van der Waals surface area (Å²) in [5.74, 6) is 1.71. The standard InChI is InChI=1S/C22H22Cl2O2/c1-13(2)4-6-25-18-10-15(23)8-14-12-22(3)5-7-26-19-11-16(24)9-17(20(14)18)21(19)22/h8-11H,1,4-7,12H2,2-3H3. The van der Waals surface area contributed by atoms with Gasteiger partial charge in [0.05, 0.1) is 13.2 Å². The molecule has 0 saturated heterocycles. The fourth-order valence-electron chi connectivity index (χ4n) is 4.15. The summed E-state index contributed by atoms with van der Waals surface area (Å²) in [6, 6.07) is 7.93. The molecule has 0 spiro atoms. The van der Waals surface area contributed by atoms with Gasteiger partial charge in [-0.05, 0) is 55.2 Å². The van der Waals surface area contributed by atoms with Crippen LogP contribution in [0.25, 0.3) is 11.1 Å². The van der Waals surface area contributed by atoms with Crippen LogP contribution in [0.2, 0.25) is 10.0 Å². The predicted molar refractivity (Wildman–Crippen MR) is 108 cm³/mol. The second-order valence-electron chi connectivity index (χ2n) is 7.66. The summed E-state index contributed by atoms with van der Waals surface area (Å²) in [7, 11) is 0. The van der Waals surface area contributed by atoms with Crippen LogP contribution in [0.1, 0.15) is 37.8 Å². The van der Waals surface area contributed by atoms with Crippen molar-refractivity contribution in [3.63, 3.8) is 0 Å². The lowest BCUT2D eigenvalue weighted by molar-refractivity contribution is 0.222. The number of rotatable bonds is 4. The van der Waals surface area contributed by atoms with Crippen molar-refractivity contribution >= 4 is 23.2 Å². The van der Waals surface area contributed by atoms with E-state index in [1.807, 2.05) is 25.1 Å². The third kappa shape index (κ3) is 3.00. The van der Waals surface area contributed by atoms with E-state index in [1.165, 1.54) is 11.1 Å². The van der Waals surface area contributed by atoms with Crippen LogP contribution in [0, 0.1) is 0 Å². The number of hydrogen-bond acceptors (Lipinski definition) is 2. The van der Waals surface area contributed by atoms with E-state index in [-0.39, 0.29) is 5.41 Å². The van der Waals surface area contributed by atoms with Crippen molar-refractivity contribution in [2.45, 2.75) is 38.5 Å². The third-order valence-electron chi connectivity index (χ3n) is 5.37. The lowest BCUT2D eigenvalue weighted by Gasteiger charge is -2.42. The van der Waals surface area contributed by atoms with Gasteiger partial charge in [-0.2, -0.15) is 0 Å². The Kier molecular flexibility index (Phi) is 4.45. The molecule has 1 aliphatic heterocycles. The van der Waals surface area contributed by atoms with Crippen LogP contribution < -0.4 is 9.47 Å². The maximum Gasteiger partial charge on any atom is 0.128 e. The molecule has 0 N–H and O–H groups in total. The minimum Gasteiger partial charge on any atom is -0.493 e. The highest BCUT2D eigenvalue weighted by Crippen LogP contribution is 2.54. The highest BCUT2D eigenvalue weighted by molar-refractivity contribution is 6.31. The maximum atomic E-state index is 6.42. The topological polar surface area (TPSA) is 18.5 Å².